The van der Waals surface area contributed by atoms with Crippen LogP contribution in [0.15, 0.2) is 90.1 Å². The van der Waals surface area contributed by atoms with Crippen LogP contribution in [-0.2, 0) is 19.0 Å². The van der Waals surface area contributed by atoms with Crippen molar-refractivity contribution in [1.82, 2.24) is 14.5 Å². The molecule has 0 unspecified atom stereocenters. The maximum atomic E-state index is 12.4. The predicted octanol–water partition coefficient (Wildman–Crippen LogP) is 5.41. The lowest BCUT2D eigenvalue weighted by molar-refractivity contribution is 0.596. The summed E-state index contributed by atoms with van der Waals surface area (Å²) in [5, 5.41) is 2.21. The van der Waals surface area contributed by atoms with Gasteiger partial charge >= 0.3 is 0 Å². The van der Waals surface area contributed by atoms with Gasteiger partial charge in [-0.05, 0) is 65.1 Å². The minimum atomic E-state index is -0.993. The van der Waals surface area contributed by atoms with Crippen LogP contribution in [0, 0.1) is 0 Å². The number of aromatic amines is 1. The van der Waals surface area contributed by atoms with Gasteiger partial charge in [-0.3, -0.25) is 4.79 Å². The molecule has 5 nitrogen and oxygen atoms in total. The van der Waals surface area contributed by atoms with Crippen molar-refractivity contribution in [2.45, 2.75) is 12.0 Å². The van der Waals surface area contributed by atoms with E-state index in [2.05, 4.69) is 9.97 Å². The number of hydrogen-bond donors (Lipinski definition) is 2. The first-order valence-electron chi connectivity index (χ1n) is 10.8. The number of halogens is 2. The molecule has 1 atom stereocenters. The standard InChI is InChI=1S/C27H22Cl2N4O/c1-33-16-31-15-25(33)27(30,19-5-8-21(28)9-6-19)20-7-10-24-23(14-20)18(13-26(34)32-24)11-17-3-2-4-22(29)12-17/h2-10,12-16H,11,30H2,1H3,(H,32,34)/t27-/m1/s1. The Morgan fingerprint density at radius 1 is 0.971 bits per heavy atom. The molecule has 0 saturated carbocycles. The van der Waals surface area contributed by atoms with Gasteiger partial charge in [0.25, 0.3) is 0 Å². The highest BCUT2D eigenvalue weighted by Gasteiger charge is 2.35. The SMILES string of the molecule is Cn1cncc1[C@@](N)(c1ccc(Cl)cc1)c1ccc2[nH]c(=O)cc(Cc3cccc(Cl)c3)c2c1. The smallest absolute Gasteiger partial charge is 0.248 e. The largest absolute Gasteiger partial charge is 0.336 e. The number of benzene rings is 3. The van der Waals surface area contributed by atoms with Gasteiger partial charge in [0.2, 0.25) is 5.56 Å². The molecule has 3 N–H and O–H groups in total. The molecule has 5 aromatic rings. The van der Waals surface area contributed by atoms with Gasteiger partial charge in [-0.25, -0.2) is 4.98 Å². The summed E-state index contributed by atoms with van der Waals surface area (Å²) in [5.41, 5.74) is 11.3. The molecular weight excluding hydrogens is 467 g/mol. The molecule has 5 rings (SSSR count). The van der Waals surface area contributed by atoms with Crippen LogP contribution in [0.5, 0.6) is 0 Å². The zero-order chi connectivity index (χ0) is 23.9. The first-order valence-corrected chi connectivity index (χ1v) is 11.5. The van der Waals surface area contributed by atoms with Crippen molar-refractivity contribution in [3.8, 4) is 0 Å². The number of aryl methyl sites for hydroxylation is 1. The van der Waals surface area contributed by atoms with Crippen molar-refractivity contribution in [1.29, 1.82) is 0 Å². The fourth-order valence-corrected chi connectivity index (χ4v) is 4.83. The lowest BCUT2D eigenvalue weighted by atomic mass is 9.80. The number of rotatable bonds is 5. The van der Waals surface area contributed by atoms with Crippen LogP contribution in [-0.4, -0.2) is 14.5 Å². The fraction of sp³-hybridized carbons (Fsp3) is 0.111. The van der Waals surface area contributed by atoms with E-state index in [9.17, 15) is 4.79 Å². The third-order valence-electron chi connectivity index (χ3n) is 6.19. The van der Waals surface area contributed by atoms with Crippen molar-refractivity contribution in [3.63, 3.8) is 0 Å². The molecule has 2 aromatic heterocycles. The monoisotopic (exact) mass is 488 g/mol. The van der Waals surface area contributed by atoms with Crippen LogP contribution in [0.1, 0.15) is 27.9 Å². The number of H-pyrrole nitrogens is 1. The molecule has 0 aliphatic heterocycles. The molecule has 0 spiro atoms. The summed E-state index contributed by atoms with van der Waals surface area (Å²) in [7, 11) is 1.92. The summed E-state index contributed by atoms with van der Waals surface area (Å²) in [4.78, 5) is 19.6. The van der Waals surface area contributed by atoms with E-state index in [1.807, 2.05) is 78.3 Å². The molecule has 2 heterocycles. The number of fused-ring (bicyclic) bond motifs is 1. The Morgan fingerprint density at radius 2 is 1.74 bits per heavy atom. The van der Waals surface area contributed by atoms with Crippen molar-refractivity contribution < 1.29 is 0 Å². The summed E-state index contributed by atoms with van der Waals surface area (Å²) in [6.07, 6.45) is 4.07. The Bertz CT molecular complexity index is 1560. The number of nitrogens with one attached hydrogen (secondary N) is 1. The van der Waals surface area contributed by atoms with Crippen LogP contribution in [0.4, 0.5) is 0 Å². The highest BCUT2D eigenvalue weighted by atomic mass is 35.5. The number of imidazole rings is 1. The molecule has 0 aliphatic rings. The highest BCUT2D eigenvalue weighted by Crippen LogP contribution is 2.36. The van der Waals surface area contributed by atoms with Gasteiger partial charge in [-0.2, -0.15) is 0 Å². The number of nitrogens with zero attached hydrogens (tertiary/aromatic N) is 2. The van der Waals surface area contributed by atoms with Crippen molar-refractivity contribution in [2.75, 3.05) is 0 Å². The average molecular weight is 489 g/mol. The molecular formula is C27H22Cl2N4O. The second-order valence-corrected chi connectivity index (χ2v) is 9.30. The van der Waals surface area contributed by atoms with E-state index < -0.39 is 5.54 Å². The molecule has 0 saturated heterocycles. The van der Waals surface area contributed by atoms with E-state index in [4.69, 9.17) is 28.9 Å². The third-order valence-corrected chi connectivity index (χ3v) is 6.68. The molecule has 170 valence electrons. The molecule has 0 radical (unpaired) electrons. The van der Waals surface area contributed by atoms with Crippen LogP contribution < -0.4 is 11.3 Å². The van der Waals surface area contributed by atoms with Gasteiger partial charge in [-0.15, -0.1) is 0 Å². The highest BCUT2D eigenvalue weighted by molar-refractivity contribution is 6.30. The van der Waals surface area contributed by atoms with Gasteiger partial charge < -0.3 is 15.3 Å². The van der Waals surface area contributed by atoms with E-state index in [0.29, 0.717) is 16.5 Å². The molecule has 0 bridgehead atoms. The van der Waals surface area contributed by atoms with Crippen LogP contribution >= 0.6 is 23.2 Å². The normalized spacial score (nSPS) is 13.2. The summed E-state index contributed by atoms with van der Waals surface area (Å²) in [5.74, 6) is 0. The summed E-state index contributed by atoms with van der Waals surface area (Å²) in [6.45, 7) is 0. The molecule has 7 heteroatoms. The summed E-state index contributed by atoms with van der Waals surface area (Å²) < 4.78 is 1.92. The van der Waals surface area contributed by atoms with Crippen molar-refractivity contribution >= 4 is 34.1 Å². The second-order valence-electron chi connectivity index (χ2n) is 8.43. The maximum Gasteiger partial charge on any atom is 0.248 e. The maximum absolute atomic E-state index is 12.4. The number of pyridine rings is 1. The average Bonchev–Trinajstić information content (AvgIpc) is 3.25. The Kier molecular flexibility index (Phi) is 5.78. The molecule has 34 heavy (non-hydrogen) atoms. The molecule has 0 aliphatic carbocycles. The molecule has 0 amide bonds. The van der Waals surface area contributed by atoms with Crippen molar-refractivity contribution in [3.05, 3.63) is 134 Å². The Labute approximate surface area is 206 Å². The first-order chi connectivity index (χ1) is 16.3. The third kappa shape index (κ3) is 4.03. The minimum Gasteiger partial charge on any atom is -0.336 e. The first kappa shape index (κ1) is 22.4. The molecule has 3 aromatic carbocycles. The Hall–Kier alpha value is -3.38. The van der Waals surface area contributed by atoms with E-state index >= 15 is 0 Å². The lowest BCUT2D eigenvalue weighted by Gasteiger charge is -2.31. The van der Waals surface area contributed by atoms with Gasteiger partial charge in [0, 0.05) is 34.1 Å². The van der Waals surface area contributed by atoms with E-state index in [1.54, 1.807) is 18.6 Å². The van der Waals surface area contributed by atoms with E-state index in [-0.39, 0.29) is 5.56 Å². The predicted molar refractivity (Wildman–Crippen MR) is 138 cm³/mol. The van der Waals surface area contributed by atoms with Gasteiger partial charge in [0.15, 0.2) is 0 Å². The number of nitrogens with two attached hydrogens (primary N) is 1. The van der Waals surface area contributed by atoms with Crippen molar-refractivity contribution in [2.24, 2.45) is 12.8 Å². The quantitative estimate of drug-likeness (QED) is 0.347. The minimum absolute atomic E-state index is 0.152. The topological polar surface area (TPSA) is 76.7 Å². The van der Waals surface area contributed by atoms with Crippen LogP contribution in [0.3, 0.4) is 0 Å². The lowest BCUT2D eigenvalue weighted by Crippen LogP contribution is -2.41. The van der Waals surface area contributed by atoms with Crippen LogP contribution in [0.25, 0.3) is 10.9 Å². The Morgan fingerprint density at radius 3 is 2.44 bits per heavy atom. The van der Waals surface area contributed by atoms with Gasteiger partial charge in [0.05, 0.1) is 18.2 Å². The Balaban J connectivity index is 1.73. The zero-order valence-electron chi connectivity index (χ0n) is 18.4. The number of aromatic nitrogens is 3. The van der Waals surface area contributed by atoms with E-state index in [0.717, 1.165) is 38.9 Å². The zero-order valence-corrected chi connectivity index (χ0v) is 19.9. The van der Waals surface area contributed by atoms with Gasteiger partial charge in [0.1, 0.15) is 5.54 Å². The fourth-order valence-electron chi connectivity index (χ4n) is 4.49. The van der Waals surface area contributed by atoms with Crippen LogP contribution in [0.2, 0.25) is 10.0 Å². The number of hydrogen-bond acceptors (Lipinski definition) is 3. The van der Waals surface area contributed by atoms with E-state index in [1.165, 1.54) is 0 Å². The molecule has 0 fully saturated rings. The summed E-state index contributed by atoms with van der Waals surface area (Å²) >= 11 is 12.4. The summed E-state index contributed by atoms with van der Waals surface area (Å²) in [6, 6.07) is 22.7. The van der Waals surface area contributed by atoms with Gasteiger partial charge in [-0.1, -0.05) is 53.5 Å². The second kappa shape index (κ2) is 8.76.